The Bertz CT molecular complexity index is 1310. The van der Waals surface area contributed by atoms with Crippen LogP contribution in [0.3, 0.4) is 0 Å². The second-order valence-corrected chi connectivity index (χ2v) is 10.2. The van der Waals surface area contributed by atoms with Gasteiger partial charge in [0.25, 0.3) is 0 Å². The molecule has 4 aromatic rings. The van der Waals surface area contributed by atoms with E-state index in [0.717, 1.165) is 72.8 Å². The normalized spacial score (nSPS) is 16.5. The first-order chi connectivity index (χ1) is 18.1. The number of nitrogens with one attached hydrogen (secondary N) is 1. The van der Waals surface area contributed by atoms with Crippen molar-refractivity contribution in [3.05, 3.63) is 89.7 Å². The molecule has 1 unspecified atom stereocenters. The summed E-state index contributed by atoms with van der Waals surface area (Å²) in [4.78, 5) is 24.8. The van der Waals surface area contributed by atoms with E-state index in [2.05, 4.69) is 50.1 Å². The molecule has 0 bridgehead atoms. The highest BCUT2D eigenvalue weighted by molar-refractivity contribution is 5.83. The summed E-state index contributed by atoms with van der Waals surface area (Å²) in [6.07, 6.45) is 3.41. The molecule has 7 nitrogen and oxygen atoms in total. The number of nitrogens with zero attached hydrogens (tertiary/aromatic N) is 3. The molecule has 1 atom stereocenters. The van der Waals surface area contributed by atoms with Crippen molar-refractivity contribution in [2.45, 2.75) is 19.9 Å². The van der Waals surface area contributed by atoms with Crippen molar-refractivity contribution in [1.29, 1.82) is 0 Å². The second-order valence-electron chi connectivity index (χ2n) is 10.2. The molecule has 1 saturated heterocycles. The maximum absolute atomic E-state index is 12.3. The molecular weight excluding hydrogens is 462 g/mol. The third kappa shape index (κ3) is 6.07. The van der Waals surface area contributed by atoms with E-state index in [9.17, 15) is 4.79 Å². The monoisotopic (exact) mass is 497 g/mol. The summed E-state index contributed by atoms with van der Waals surface area (Å²) in [5.74, 6) is 1.51. The zero-order chi connectivity index (χ0) is 25.7. The highest BCUT2D eigenvalue weighted by Gasteiger charge is 2.32. The number of hydrogen-bond donors (Lipinski definition) is 2. The quantitative estimate of drug-likeness (QED) is 0.320. The molecule has 0 saturated carbocycles. The number of ether oxygens (including phenoxy) is 1. The molecule has 2 aromatic carbocycles. The molecule has 2 aromatic heterocycles. The number of fused-ring (bicyclic) bond motifs is 1. The molecule has 3 N–H and O–H groups in total. The molecular formula is C30H35N5O2. The van der Waals surface area contributed by atoms with Gasteiger partial charge in [-0.3, -0.25) is 9.80 Å². The summed E-state index contributed by atoms with van der Waals surface area (Å²) >= 11 is 0. The van der Waals surface area contributed by atoms with Crippen molar-refractivity contribution in [3.63, 3.8) is 0 Å². The molecule has 0 aliphatic carbocycles. The number of nitrogens with two attached hydrogens (primary N) is 1. The van der Waals surface area contributed by atoms with E-state index in [1.165, 1.54) is 5.56 Å². The maximum Gasteiger partial charge on any atom is 0.141 e. The number of pyridine rings is 1. The van der Waals surface area contributed by atoms with E-state index < -0.39 is 5.41 Å². The summed E-state index contributed by atoms with van der Waals surface area (Å²) in [6, 6.07) is 22.4. The lowest BCUT2D eigenvalue weighted by atomic mass is 9.82. The third-order valence-electron chi connectivity index (χ3n) is 7.24. The van der Waals surface area contributed by atoms with Gasteiger partial charge in [0.15, 0.2) is 0 Å². The minimum Gasteiger partial charge on any atom is -0.457 e. The van der Waals surface area contributed by atoms with E-state index in [1.807, 2.05) is 43.3 Å². The lowest BCUT2D eigenvalue weighted by Crippen LogP contribution is -2.52. The van der Waals surface area contributed by atoms with Gasteiger partial charge in [-0.25, -0.2) is 4.98 Å². The van der Waals surface area contributed by atoms with Gasteiger partial charge in [0.2, 0.25) is 0 Å². The standard InChI is InChI=1S/C30H35N5O2/c1-23-17-27-28(11-12-32-29(27)33-23)37-26-9-7-24(8-10-26)18-30(20-31,22-36)21-35-15-13-34(14-16-35)19-25-5-3-2-4-6-25/h2-12,17,22H,13-16,18-21,31H2,1H3,(H,32,33). The number of carbonyl (C=O) groups excluding carboxylic acids is 1. The highest BCUT2D eigenvalue weighted by atomic mass is 16.5. The van der Waals surface area contributed by atoms with Gasteiger partial charge >= 0.3 is 0 Å². The lowest BCUT2D eigenvalue weighted by Gasteiger charge is -2.39. The van der Waals surface area contributed by atoms with E-state index in [0.29, 0.717) is 19.5 Å². The van der Waals surface area contributed by atoms with Crippen LogP contribution in [0, 0.1) is 12.3 Å². The van der Waals surface area contributed by atoms with Crippen molar-refractivity contribution in [3.8, 4) is 11.5 Å². The molecule has 7 heteroatoms. The molecule has 0 spiro atoms. The Hall–Kier alpha value is -3.52. The smallest absolute Gasteiger partial charge is 0.141 e. The fourth-order valence-corrected chi connectivity index (χ4v) is 5.14. The largest absolute Gasteiger partial charge is 0.457 e. The summed E-state index contributed by atoms with van der Waals surface area (Å²) < 4.78 is 6.15. The first kappa shape index (κ1) is 25.1. The molecule has 1 aliphatic rings. The minimum absolute atomic E-state index is 0.320. The summed E-state index contributed by atoms with van der Waals surface area (Å²) in [7, 11) is 0. The molecule has 1 fully saturated rings. The van der Waals surface area contributed by atoms with Crippen LogP contribution in [0.2, 0.25) is 0 Å². The Morgan fingerprint density at radius 3 is 2.43 bits per heavy atom. The van der Waals surface area contributed by atoms with Gasteiger partial charge in [0, 0.05) is 57.7 Å². The van der Waals surface area contributed by atoms with Crippen LogP contribution >= 0.6 is 0 Å². The van der Waals surface area contributed by atoms with Crippen molar-refractivity contribution in [2.24, 2.45) is 11.1 Å². The number of benzene rings is 2. The number of aldehydes is 1. The fourth-order valence-electron chi connectivity index (χ4n) is 5.14. The Morgan fingerprint density at radius 2 is 1.73 bits per heavy atom. The summed E-state index contributed by atoms with van der Waals surface area (Å²) in [5.41, 5.74) is 9.85. The lowest BCUT2D eigenvalue weighted by molar-refractivity contribution is -0.117. The number of rotatable bonds is 10. The van der Waals surface area contributed by atoms with Crippen molar-refractivity contribution in [1.82, 2.24) is 19.8 Å². The van der Waals surface area contributed by atoms with Crippen LogP contribution in [-0.4, -0.2) is 65.3 Å². The molecule has 0 radical (unpaired) electrons. The highest BCUT2D eigenvalue weighted by Crippen LogP contribution is 2.30. The van der Waals surface area contributed by atoms with E-state index in [-0.39, 0.29) is 0 Å². The van der Waals surface area contributed by atoms with Gasteiger partial charge in [0.05, 0.1) is 10.8 Å². The number of carbonyl (C=O) groups is 1. The van der Waals surface area contributed by atoms with Gasteiger partial charge in [-0.05, 0) is 48.7 Å². The maximum atomic E-state index is 12.3. The molecule has 37 heavy (non-hydrogen) atoms. The van der Waals surface area contributed by atoms with Crippen LogP contribution in [0.1, 0.15) is 16.8 Å². The van der Waals surface area contributed by atoms with Gasteiger partial charge in [-0.15, -0.1) is 0 Å². The third-order valence-corrected chi connectivity index (χ3v) is 7.24. The first-order valence-corrected chi connectivity index (χ1v) is 12.9. The zero-order valence-corrected chi connectivity index (χ0v) is 21.4. The van der Waals surface area contributed by atoms with Crippen LogP contribution in [0.4, 0.5) is 0 Å². The van der Waals surface area contributed by atoms with E-state index in [1.54, 1.807) is 6.20 Å². The predicted molar refractivity (Wildman–Crippen MR) is 147 cm³/mol. The van der Waals surface area contributed by atoms with Crippen molar-refractivity contribution in [2.75, 3.05) is 39.3 Å². The van der Waals surface area contributed by atoms with Gasteiger partial charge in [0.1, 0.15) is 23.4 Å². The second kappa shape index (κ2) is 11.3. The van der Waals surface area contributed by atoms with Crippen LogP contribution in [0.15, 0.2) is 72.9 Å². The summed E-state index contributed by atoms with van der Waals surface area (Å²) in [5, 5.41) is 0.955. The number of aromatic nitrogens is 2. The molecule has 192 valence electrons. The van der Waals surface area contributed by atoms with Crippen LogP contribution in [0.5, 0.6) is 11.5 Å². The van der Waals surface area contributed by atoms with Gasteiger partial charge in [-0.1, -0.05) is 42.5 Å². The van der Waals surface area contributed by atoms with Gasteiger partial charge < -0.3 is 20.2 Å². The molecule has 1 aliphatic heterocycles. The van der Waals surface area contributed by atoms with Crippen LogP contribution < -0.4 is 10.5 Å². The Labute approximate surface area is 218 Å². The summed E-state index contributed by atoms with van der Waals surface area (Å²) in [6.45, 7) is 7.82. The van der Waals surface area contributed by atoms with Crippen LogP contribution in [0.25, 0.3) is 11.0 Å². The Morgan fingerprint density at radius 1 is 1.00 bits per heavy atom. The van der Waals surface area contributed by atoms with E-state index in [4.69, 9.17) is 10.5 Å². The van der Waals surface area contributed by atoms with E-state index >= 15 is 0 Å². The first-order valence-electron chi connectivity index (χ1n) is 12.9. The molecule has 5 rings (SSSR count). The molecule has 0 amide bonds. The number of hydrogen-bond acceptors (Lipinski definition) is 6. The van der Waals surface area contributed by atoms with Gasteiger partial charge in [-0.2, -0.15) is 0 Å². The topological polar surface area (TPSA) is 87.5 Å². The average Bonchev–Trinajstić information content (AvgIpc) is 3.32. The average molecular weight is 498 g/mol. The zero-order valence-electron chi connectivity index (χ0n) is 21.4. The fraction of sp³-hybridized carbons (Fsp3) is 0.333. The number of aromatic amines is 1. The number of H-pyrrole nitrogens is 1. The number of piperazine rings is 1. The van der Waals surface area contributed by atoms with Crippen molar-refractivity contribution >= 4 is 17.3 Å². The van der Waals surface area contributed by atoms with Crippen LogP contribution in [-0.2, 0) is 17.8 Å². The molecule has 3 heterocycles. The SMILES string of the molecule is Cc1cc2c(Oc3ccc(CC(C=O)(CN)CN4CCN(Cc5ccccc5)CC4)cc3)ccnc2[nH]1. The Balaban J connectivity index is 1.19. The Kier molecular flexibility index (Phi) is 7.65. The van der Waals surface area contributed by atoms with Crippen molar-refractivity contribution < 1.29 is 9.53 Å². The number of aryl methyl sites for hydroxylation is 1. The minimum atomic E-state index is -0.607. The predicted octanol–water partition coefficient (Wildman–Crippen LogP) is 4.17.